The molecular formula is C3H11AgN2O2. The summed E-state index contributed by atoms with van der Waals surface area (Å²) in [5.74, 6) is 0. The molecule has 5 heteroatoms. The second kappa shape index (κ2) is 59.0. The van der Waals surface area contributed by atoms with Gasteiger partial charge in [0.2, 0.25) is 0 Å². The van der Waals surface area contributed by atoms with Crippen LogP contribution in [0.1, 0.15) is 6.92 Å². The number of carbonyl (C=O) groups is 1. The molecule has 0 heterocycles. The van der Waals surface area contributed by atoms with Crippen molar-refractivity contribution in [1.82, 2.24) is 6.15 Å². The maximum absolute atomic E-state index is 8.25. The molecule has 0 unspecified atom stereocenters. The van der Waals surface area contributed by atoms with Crippen molar-refractivity contribution in [3.05, 3.63) is 0 Å². The Balaban J connectivity index is -0.0000000160. The number of rotatable bonds is 0. The zero-order valence-corrected chi connectivity index (χ0v) is 6.17. The van der Waals surface area contributed by atoms with Crippen LogP contribution in [0, 0.1) is 0 Å². The zero-order valence-electron chi connectivity index (χ0n) is 4.69. The molecule has 0 spiro atoms. The quantitative estimate of drug-likeness (QED) is 0.378. The van der Waals surface area contributed by atoms with Crippen molar-refractivity contribution in [2.75, 3.05) is 6.54 Å². The molecule has 0 aromatic carbocycles. The van der Waals surface area contributed by atoms with E-state index < -0.39 is 6.47 Å². The van der Waals surface area contributed by atoms with Gasteiger partial charge >= 0.3 is 22.4 Å². The van der Waals surface area contributed by atoms with E-state index in [-0.39, 0.29) is 28.5 Å². The molecule has 0 aliphatic carbocycles. The van der Waals surface area contributed by atoms with E-state index >= 15 is 0 Å². The minimum atomic E-state index is -0.500. The van der Waals surface area contributed by atoms with Gasteiger partial charge in [0.1, 0.15) is 0 Å². The van der Waals surface area contributed by atoms with E-state index in [9.17, 15) is 0 Å². The second-order valence-corrected chi connectivity index (χ2v) is 0.504. The van der Waals surface area contributed by atoms with Crippen molar-refractivity contribution in [3.63, 3.8) is 0 Å². The van der Waals surface area contributed by atoms with Crippen molar-refractivity contribution in [1.29, 1.82) is 0 Å². The van der Waals surface area contributed by atoms with Crippen LogP contribution in [0.5, 0.6) is 0 Å². The SMILES string of the molecule is CCN.N.O=C[O-].[Ag+]. The first-order valence-electron chi connectivity index (χ1n) is 1.59. The largest absolute Gasteiger partial charge is 1.00 e. The third kappa shape index (κ3) is 9510. The normalized spacial score (nSPS) is 3.75. The molecule has 0 aromatic rings. The first-order chi connectivity index (χ1) is 2.83. The van der Waals surface area contributed by atoms with Gasteiger partial charge in [-0.2, -0.15) is 0 Å². The first kappa shape index (κ1) is 24.2. The van der Waals surface area contributed by atoms with Crippen molar-refractivity contribution in [2.24, 2.45) is 5.73 Å². The summed E-state index contributed by atoms with van der Waals surface area (Å²) in [6, 6.07) is 0. The molecule has 0 amide bonds. The van der Waals surface area contributed by atoms with Gasteiger partial charge in [-0.3, -0.25) is 0 Å². The average molecular weight is 215 g/mol. The molecule has 0 aromatic heterocycles. The van der Waals surface area contributed by atoms with E-state index in [1.165, 1.54) is 0 Å². The molecule has 0 fully saturated rings. The van der Waals surface area contributed by atoms with E-state index in [1.807, 2.05) is 6.92 Å². The van der Waals surface area contributed by atoms with Crippen molar-refractivity contribution < 1.29 is 32.3 Å². The second-order valence-electron chi connectivity index (χ2n) is 0.504. The van der Waals surface area contributed by atoms with Gasteiger partial charge in [-0.1, -0.05) is 6.92 Å². The van der Waals surface area contributed by atoms with E-state index in [2.05, 4.69) is 0 Å². The summed E-state index contributed by atoms with van der Waals surface area (Å²) in [6.45, 7) is 2.15. The fraction of sp³-hybridized carbons (Fsp3) is 0.667. The predicted molar refractivity (Wildman–Crippen MR) is 25.8 cm³/mol. The fourth-order valence-corrected chi connectivity index (χ4v) is 0. The Morgan fingerprint density at radius 1 is 1.75 bits per heavy atom. The van der Waals surface area contributed by atoms with E-state index in [1.54, 1.807) is 0 Å². The van der Waals surface area contributed by atoms with Gasteiger partial charge < -0.3 is 21.8 Å². The van der Waals surface area contributed by atoms with Crippen LogP contribution < -0.4 is 17.0 Å². The Morgan fingerprint density at radius 3 is 1.75 bits per heavy atom. The van der Waals surface area contributed by atoms with Gasteiger partial charge in [0.05, 0.1) is 0 Å². The molecule has 0 rings (SSSR count). The number of hydrogen-bond acceptors (Lipinski definition) is 4. The third-order valence-corrected chi connectivity index (χ3v) is 0. The fourth-order valence-electron chi connectivity index (χ4n) is 0. The van der Waals surface area contributed by atoms with Crippen molar-refractivity contribution in [3.8, 4) is 0 Å². The standard InChI is InChI=1S/C2H7N.CH2O2.Ag.H3N/c1-2-3;2-1-3;;/h2-3H2,1H3;1H,(H,2,3);;1H3/q;;+1;/p-1. The van der Waals surface area contributed by atoms with Crippen LogP contribution in [0.4, 0.5) is 0 Å². The van der Waals surface area contributed by atoms with Gasteiger partial charge in [0.25, 0.3) is 0 Å². The maximum atomic E-state index is 8.25. The van der Waals surface area contributed by atoms with Crippen LogP contribution in [0.25, 0.3) is 0 Å². The molecule has 56 valence electrons. The summed E-state index contributed by atoms with van der Waals surface area (Å²) < 4.78 is 0. The van der Waals surface area contributed by atoms with Crippen LogP contribution in [-0.4, -0.2) is 13.0 Å². The molecule has 0 aliphatic rings. The summed E-state index contributed by atoms with van der Waals surface area (Å²) in [4.78, 5) is 8.25. The van der Waals surface area contributed by atoms with Crippen molar-refractivity contribution >= 4 is 6.47 Å². The van der Waals surface area contributed by atoms with Gasteiger partial charge in [-0.05, 0) is 6.54 Å². The molecule has 0 radical (unpaired) electrons. The van der Waals surface area contributed by atoms with Crippen LogP contribution in [0.3, 0.4) is 0 Å². The third-order valence-electron chi connectivity index (χ3n) is 0. The Morgan fingerprint density at radius 2 is 1.75 bits per heavy atom. The topological polar surface area (TPSA) is 101 Å². The molecule has 0 atom stereocenters. The van der Waals surface area contributed by atoms with Gasteiger partial charge in [0.15, 0.2) is 0 Å². The minimum absolute atomic E-state index is 0. The molecule has 8 heavy (non-hydrogen) atoms. The molecule has 0 saturated carbocycles. The number of hydrogen-bond donors (Lipinski definition) is 2. The summed E-state index contributed by atoms with van der Waals surface area (Å²) >= 11 is 0. The molecule has 4 nitrogen and oxygen atoms in total. The molecular weight excluding hydrogens is 204 g/mol. The number of nitrogens with two attached hydrogens (primary N) is 1. The van der Waals surface area contributed by atoms with Crippen molar-refractivity contribution in [2.45, 2.75) is 6.92 Å². The van der Waals surface area contributed by atoms with E-state index in [0.717, 1.165) is 6.54 Å². The Bertz CT molecular complexity index is 29.2. The molecule has 0 saturated heterocycles. The van der Waals surface area contributed by atoms with Crippen LogP contribution in [0.15, 0.2) is 0 Å². The summed E-state index contributed by atoms with van der Waals surface area (Å²) in [6.07, 6.45) is 0. The van der Waals surface area contributed by atoms with E-state index in [4.69, 9.17) is 15.6 Å². The predicted octanol–water partition coefficient (Wildman–Crippen LogP) is -1.51. The Labute approximate surface area is 64.5 Å². The molecule has 5 N–H and O–H groups in total. The Hall–Kier alpha value is 0.130. The van der Waals surface area contributed by atoms with E-state index in [0.29, 0.717) is 0 Å². The van der Waals surface area contributed by atoms with Crippen LogP contribution >= 0.6 is 0 Å². The number of carbonyl (C=O) groups excluding carboxylic acids is 1. The Kier molecular flexibility index (Phi) is 179. The van der Waals surface area contributed by atoms with Gasteiger partial charge in [0, 0.05) is 6.47 Å². The summed E-state index contributed by atoms with van der Waals surface area (Å²) in [5, 5.41) is 8.25. The maximum Gasteiger partial charge on any atom is 1.00 e. The smallest absolute Gasteiger partial charge is 0.554 e. The summed E-state index contributed by atoms with van der Waals surface area (Å²) in [7, 11) is 0. The monoisotopic (exact) mass is 214 g/mol. The molecule has 0 aliphatic heterocycles. The van der Waals surface area contributed by atoms with Crippen LogP contribution in [-0.2, 0) is 27.2 Å². The first-order valence-corrected chi connectivity index (χ1v) is 1.59. The van der Waals surface area contributed by atoms with Crippen LogP contribution in [0.2, 0.25) is 0 Å². The molecule has 0 bridgehead atoms. The number of carboxylic acid groups (broad SMARTS) is 1. The average Bonchev–Trinajstić information content (AvgIpc) is 1.39. The zero-order chi connectivity index (χ0) is 5.41. The summed E-state index contributed by atoms with van der Waals surface area (Å²) in [5.41, 5.74) is 4.85. The minimum Gasteiger partial charge on any atom is -0.554 e. The van der Waals surface area contributed by atoms with Gasteiger partial charge in [-0.25, -0.2) is 0 Å². The van der Waals surface area contributed by atoms with Gasteiger partial charge in [-0.15, -0.1) is 0 Å².